The molecule has 2 bridgehead atoms. The summed E-state index contributed by atoms with van der Waals surface area (Å²) in [6.07, 6.45) is 15.7. The van der Waals surface area contributed by atoms with Gasteiger partial charge in [0.1, 0.15) is 42.2 Å². The first kappa shape index (κ1) is 86.2. The van der Waals surface area contributed by atoms with Crippen molar-refractivity contribution in [1.82, 2.24) is 0 Å². The van der Waals surface area contributed by atoms with Crippen LogP contribution < -0.4 is 0 Å². The van der Waals surface area contributed by atoms with Gasteiger partial charge < -0.3 is 52.8 Å². The van der Waals surface area contributed by atoms with Gasteiger partial charge in [-0.15, -0.1) is 0 Å². The molecule has 2 saturated heterocycles. The molecule has 20 nitrogen and oxygen atoms in total. The maximum Gasteiger partial charge on any atom is 0.347 e. The predicted molar refractivity (Wildman–Crippen MR) is 354 cm³/mol. The fraction of sp³-hybridized carbons (Fsp3) is 0.877. The minimum atomic E-state index is -0.687. The predicted octanol–water partition coefficient (Wildman–Crippen LogP) is 13.7. The average molecular weight is 1330 g/mol. The molecule has 0 radical (unpaired) electrons. The van der Waals surface area contributed by atoms with Crippen molar-refractivity contribution in [2.24, 2.45) is 62.1 Å². The third-order valence-corrected chi connectivity index (χ3v) is 20.3. The van der Waals surface area contributed by atoms with Gasteiger partial charge in [0.2, 0.25) is 6.10 Å². The van der Waals surface area contributed by atoms with E-state index >= 15 is 0 Å². The third kappa shape index (κ3) is 25.9. The van der Waals surface area contributed by atoms with Gasteiger partial charge >= 0.3 is 53.7 Å². The molecule has 4 aliphatic carbocycles. The monoisotopic (exact) mass is 1320 g/mol. The molecule has 540 valence electrons. The molecule has 2 N–H and O–H groups in total. The lowest BCUT2D eigenvalue weighted by atomic mass is 9.78. The summed E-state index contributed by atoms with van der Waals surface area (Å²) in [5.74, 6) is -3.14. The molecule has 0 aromatic rings. The van der Waals surface area contributed by atoms with Gasteiger partial charge in [-0.2, -0.15) is 0 Å². The van der Waals surface area contributed by atoms with Gasteiger partial charge in [-0.1, -0.05) is 67.7 Å². The molecule has 0 aromatic heterocycles. The number of fused-ring (bicyclic) bond motifs is 1. The molecule has 7 unspecified atom stereocenters. The van der Waals surface area contributed by atoms with Crippen LogP contribution in [0.15, 0.2) is 0 Å². The fourth-order valence-electron chi connectivity index (χ4n) is 10.7. The molecular formula is C73H128O20. The molecular weight excluding hydrogens is 1200 g/mol. The van der Waals surface area contributed by atoms with Crippen LogP contribution in [0.1, 0.15) is 282 Å². The number of carbonyl (C=O) groups is 9. The summed E-state index contributed by atoms with van der Waals surface area (Å²) >= 11 is 0. The normalized spacial score (nSPS) is 22.5. The van der Waals surface area contributed by atoms with Crippen LogP contribution in [0.3, 0.4) is 0 Å². The van der Waals surface area contributed by atoms with Gasteiger partial charge in [0.05, 0.1) is 64.1 Å². The van der Waals surface area contributed by atoms with E-state index in [-0.39, 0.29) is 102 Å². The van der Waals surface area contributed by atoms with Crippen LogP contribution in [0.25, 0.3) is 0 Å². The second-order valence-corrected chi connectivity index (χ2v) is 31.4. The minimum Gasteiger partial charge on any atom is -0.463 e. The topological polar surface area (TPSA) is 277 Å². The summed E-state index contributed by atoms with van der Waals surface area (Å²) in [6.45, 7) is 46.2. The van der Waals surface area contributed by atoms with E-state index < -0.39 is 69.3 Å². The van der Waals surface area contributed by atoms with Crippen LogP contribution >= 0.6 is 0 Å². The van der Waals surface area contributed by atoms with E-state index in [1.165, 1.54) is 44.9 Å². The lowest BCUT2D eigenvalue weighted by Crippen LogP contribution is -2.46. The van der Waals surface area contributed by atoms with Crippen molar-refractivity contribution in [3.05, 3.63) is 0 Å². The summed E-state index contributed by atoms with van der Waals surface area (Å²) in [5.41, 5.74) is -3.72. The summed E-state index contributed by atoms with van der Waals surface area (Å²) in [6, 6.07) is 0. The highest BCUT2D eigenvalue weighted by Crippen LogP contribution is 2.59. The van der Waals surface area contributed by atoms with Crippen LogP contribution in [0, 0.1) is 62.1 Å². The number of esters is 9. The molecule has 6 fully saturated rings. The molecule has 7 atom stereocenters. The molecule has 0 spiro atoms. The number of ether oxygens (including phenoxy) is 9. The minimum absolute atomic E-state index is 0.0197. The molecule has 93 heavy (non-hydrogen) atoms. The molecule has 0 aromatic carbocycles. The SMILES string of the molecule is CCC(C)(C)C(=O)OC(C)(C)C1CCCCC1.CCC(C)(C)C(=O)OC1C2CC3C1OC(=O)C3C2C(=O)OC(C)(C)C.CCC(C)(C)C(=O)OC1CCOC1=O.CCC(C)(C)C(=O)OCCO.CCC(C)(C)C(=O)OCCO.CCC1(OC(=O)C(C)(C)CC)CCCC1. The maximum absolute atomic E-state index is 12.7. The first-order valence-corrected chi connectivity index (χ1v) is 34.8. The van der Waals surface area contributed by atoms with Crippen molar-refractivity contribution in [3.63, 3.8) is 0 Å². The van der Waals surface area contributed by atoms with Gasteiger partial charge in [-0.25, -0.2) is 4.79 Å². The number of carbonyl (C=O) groups excluding carboxylic acids is 9. The highest BCUT2D eigenvalue weighted by Gasteiger charge is 2.70. The Morgan fingerprint density at radius 2 is 0.914 bits per heavy atom. The standard InChI is InChI=1S/C19H28O6.C15H28O2.C13H24O2.C10H16O4.2C8H16O3/c1-7-19(5,6)17(22)24-14-10-8-9-11(15(20)23-13(9)14)12(10)16(21)25-18(2,3)4;1-6-14(2,3)13(16)17-15(4,5)12-10-8-7-9-11-12;1-5-12(3,4)11(14)15-13(6-2)9-7-8-10-13;1-4-10(2,3)9(12)14-7-5-6-13-8(7)11;2*1-4-8(2,3)7(10)11-6-5-9/h9-14H,7-8H2,1-6H3;12H,6-11H2,1-5H3;5-10H2,1-4H3;7H,4-6H2,1-3H3;2*9H,4-6H2,1-3H3. The molecule has 4 saturated carbocycles. The Morgan fingerprint density at radius 3 is 1.31 bits per heavy atom. The molecule has 0 amide bonds. The van der Waals surface area contributed by atoms with Crippen LogP contribution in [0.2, 0.25) is 0 Å². The van der Waals surface area contributed by atoms with Gasteiger partial charge in [0.15, 0.2) is 0 Å². The Hall–Kier alpha value is -4.85. The molecule has 6 aliphatic rings. The van der Waals surface area contributed by atoms with Crippen molar-refractivity contribution in [3.8, 4) is 0 Å². The van der Waals surface area contributed by atoms with Crippen molar-refractivity contribution < 1.29 is 96.0 Å². The van der Waals surface area contributed by atoms with Crippen molar-refractivity contribution in [1.29, 1.82) is 0 Å². The number of hydrogen-bond acceptors (Lipinski definition) is 20. The molecule has 6 rings (SSSR count). The number of hydrogen-bond donors (Lipinski definition) is 2. The summed E-state index contributed by atoms with van der Waals surface area (Å²) in [4.78, 5) is 106. The average Bonchev–Trinajstić information content (AvgIpc) is 1.55. The highest BCUT2D eigenvalue weighted by atomic mass is 16.6. The summed E-state index contributed by atoms with van der Waals surface area (Å²) in [7, 11) is 0. The van der Waals surface area contributed by atoms with E-state index in [0.717, 1.165) is 44.9 Å². The first-order valence-electron chi connectivity index (χ1n) is 34.8. The Labute approximate surface area is 559 Å². The van der Waals surface area contributed by atoms with Gasteiger partial charge in [-0.3, -0.25) is 38.4 Å². The second kappa shape index (κ2) is 37.0. The quantitative estimate of drug-likeness (QED) is 0.0710. The molecule has 2 aliphatic heterocycles. The lowest BCUT2D eigenvalue weighted by molar-refractivity contribution is -0.176. The Balaban J connectivity index is 0.000000574. The Kier molecular flexibility index (Phi) is 34.3. The summed E-state index contributed by atoms with van der Waals surface area (Å²) in [5, 5.41) is 16.8. The zero-order chi connectivity index (χ0) is 71.9. The van der Waals surface area contributed by atoms with E-state index in [1.54, 1.807) is 34.6 Å². The fourth-order valence-corrected chi connectivity index (χ4v) is 10.7. The van der Waals surface area contributed by atoms with Gasteiger partial charge in [0, 0.05) is 18.3 Å². The van der Waals surface area contributed by atoms with Crippen LogP contribution in [0.5, 0.6) is 0 Å². The van der Waals surface area contributed by atoms with Crippen LogP contribution in [-0.2, 0) is 85.8 Å². The summed E-state index contributed by atoms with van der Waals surface area (Å²) < 4.78 is 47.6. The maximum atomic E-state index is 12.7. The third-order valence-electron chi connectivity index (χ3n) is 20.3. The number of cyclic esters (lactones) is 1. The zero-order valence-corrected chi connectivity index (χ0v) is 62.1. The van der Waals surface area contributed by atoms with E-state index in [0.29, 0.717) is 38.2 Å². The molecule has 20 heteroatoms. The van der Waals surface area contributed by atoms with E-state index in [9.17, 15) is 43.2 Å². The van der Waals surface area contributed by atoms with Crippen molar-refractivity contribution in [2.75, 3.05) is 33.0 Å². The number of aliphatic hydroxyl groups is 2. The van der Waals surface area contributed by atoms with Gasteiger partial charge in [0.25, 0.3) is 0 Å². The smallest absolute Gasteiger partial charge is 0.347 e. The Bertz CT molecular complexity index is 2360. The molecule has 2 heterocycles. The van der Waals surface area contributed by atoms with E-state index in [2.05, 4.69) is 20.8 Å². The number of aliphatic hydroxyl groups excluding tert-OH is 2. The van der Waals surface area contributed by atoms with Crippen LogP contribution in [0.4, 0.5) is 0 Å². The van der Waals surface area contributed by atoms with E-state index in [1.807, 2.05) is 111 Å². The van der Waals surface area contributed by atoms with Gasteiger partial charge in [-0.05, 0) is 214 Å². The van der Waals surface area contributed by atoms with E-state index in [4.69, 9.17) is 52.8 Å². The lowest BCUT2D eigenvalue weighted by Gasteiger charge is -2.38. The second-order valence-electron chi connectivity index (χ2n) is 31.4. The number of rotatable bonds is 23. The zero-order valence-electron chi connectivity index (χ0n) is 62.1. The largest absolute Gasteiger partial charge is 0.463 e. The highest BCUT2D eigenvalue weighted by molar-refractivity contribution is 5.87. The van der Waals surface area contributed by atoms with Crippen LogP contribution in [-0.4, -0.2) is 132 Å². The first-order chi connectivity index (χ1) is 42.8. The Morgan fingerprint density at radius 1 is 0.495 bits per heavy atom. The van der Waals surface area contributed by atoms with Crippen molar-refractivity contribution in [2.45, 2.75) is 317 Å². The van der Waals surface area contributed by atoms with Crippen molar-refractivity contribution >= 4 is 53.7 Å².